The molecule has 19 heavy (non-hydrogen) atoms. The number of amides is 1. The number of nitrogens with zero attached hydrogens (tertiary/aromatic N) is 1. The maximum absolute atomic E-state index is 11.4. The van der Waals surface area contributed by atoms with E-state index < -0.39 is 0 Å². The lowest BCUT2D eigenvalue weighted by molar-refractivity contribution is -0.116. The second-order valence-electron chi connectivity index (χ2n) is 6.18. The number of hydrogen-bond acceptors (Lipinski definition) is 3. The molecule has 0 aromatic heterocycles. The third kappa shape index (κ3) is 2.05. The Hall–Kier alpha value is -1.71. The summed E-state index contributed by atoms with van der Waals surface area (Å²) in [7, 11) is 0. The third-order valence-corrected chi connectivity index (χ3v) is 4.34. The molecule has 0 bridgehead atoms. The first-order valence-electron chi connectivity index (χ1n) is 6.97. The van der Waals surface area contributed by atoms with E-state index in [2.05, 4.69) is 30.1 Å². The van der Waals surface area contributed by atoms with Gasteiger partial charge in [0.25, 0.3) is 0 Å². The van der Waals surface area contributed by atoms with Crippen molar-refractivity contribution >= 4 is 23.0 Å². The highest BCUT2D eigenvalue weighted by Crippen LogP contribution is 2.40. The molecule has 0 aliphatic carbocycles. The van der Waals surface area contributed by atoms with Gasteiger partial charge in [-0.3, -0.25) is 4.79 Å². The van der Waals surface area contributed by atoms with Gasteiger partial charge in [0.1, 0.15) is 0 Å². The van der Waals surface area contributed by atoms with Crippen LogP contribution >= 0.6 is 0 Å². The Morgan fingerprint density at radius 1 is 1.32 bits per heavy atom. The molecule has 0 unspecified atom stereocenters. The highest BCUT2D eigenvalue weighted by Gasteiger charge is 2.33. The summed E-state index contributed by atoms with van der Waals surface area (Å²) >= 11 is 0. The first kappa shape index (κ1) is 12.3. The van der Waals surface area contributed by atoms with Crippen LogP contribution in [0.4, 0.5) is 17.1 Å². The van der Waals surface area contributed by atoms with Crippen molar-refractivity contribution in [2.24, 2.45) is 0 Å². The number of nitrogens with two attached hydrogens (primary N) is 1. The SMILES string of the molecule is CC1(C)CCCN1c1cc2c(cc1N)NC(=O)CC2. The molecule has 3 N–H and O–H groups in total. The molecule has 2 aliphatic rings. The van der Waals surface area contributed by atoms with E-state index in [1.54, 1.807) is 0 Å². The number of benzene rings is 1. The number of nitrogens with one attached hydrogen (secondary N) is 1. The van der Waals surface area contributed by atoms with Crippen molar-refractivity contribution < 1.29 is 4.79 Å². The Kier molecular flexibility index (Phi) is 2.69. The molecule has 3 rings (SSSR count). The van der Waals surface area contributed by atoms with Crippen LogP contribution in [0, 0.1) is 0 Å². The van der Waals surface area contributed by atoms with Crippen LogP contribution in [0.5, 0.6) is 0 Å². The predicted molar refractivity (Wildman–Crippen MR) is 78.5 cm³/mol. The Morgan fingerprint density at radius 3 is 2.79 bits per heavy atom. The second kappa shape index (κ2) is 4.15. The van der Waals surface area contributed by atoms with Gasteiger partial charge in [-0.25, -0.2) is 0 Å². The average molecular weight is 259 g/mol. The van der Waals surface area contributed by atoms with Crippen LogP contribution in [0.25, 0.3) is 0 Å². The van der Waals surface area contributed by atoms with Crippen molar-refractivity contribution in [1.82, 2.24) is 0 Å². The first-order chi connectivity index (χ1) is 8.97. The Bertz CT molecular complexity index is 536. The van der Waals surface area contributed by atoms with Crippen molar-refractivity contribution in [2.75, 3.05) is 22.5 Å². The molecule has 4 heteroatoms. The third-order valence-electron chi connectivity index (χ3n) is 4.34. The van der Waals surface area contributed by atoms with Gasteiger partial charge in [-0.1, -0.05) is 0 Å². The zero-order valence-electron chi connectivity index (χ0n) is 11.6. The average Bonchev–Trinajstić information content (AvgIpc) is 2.68. The van der Waals surface area contributed by atoms with Gasteiger partial charge in [0.15, 0.2) is 0 Å². The normalized spacial score (nSPS) is 21.2. The minimum absolute atomic E-state index is 0.0844. The van der Waals surface area contributed by atoms with Gasteiger partial charge < -0.3 is 16.0 Å². The summed E-state index contributed by atoms with van der Waals surface area (Å²) < 4.78 is 0. The lowest BCUT2D eigenvalue weighted by Crippen LogP contribution is -2.38. The number of rotatable bonds is 1. The number of anilines is 3. The quantitative estimate of drug-likeness (QED) is 0.762. The van der Waals surface area contributed by atoms with Crippen LogP contribution < -0.4 is 16.0 Å². The molecule has 2 aliphatic heterocycles. The molecular weight excluding hydrogens is 238 g/mol. The van der Waals surface area contributed by atoms with Crippen LogP contribution in [0.2, 0.25) is 0 Å². The van der Waals surface area contributed by atoms with E-state index in [4.69, 9.17) is 5.73 Å². The highest BCUT2D eigenvalue weighted by atomic mass is 16.1. The summed E-state index contributed by atoms with van der Waals surface area (Å²) in [6.07, 6.45) is 3.78. The molecule has 0 atom stereocenters. The molecule has 1 fully saturated rings. The van der Waals surface area contributed by atoms with Gasteiger partial charge in [-0.15, -0.1) is 0 Å². The van der Waals surface area contributed by atoms with E-state index in [0.29, 0.717) is 6.42 Å². The predicted octanol–water partition coefficient (Wildman–Crippen LogP) is 2.53. The highest BCUT2D eigenvalue weighted by molar-refractivity contribution is 5.95. The fourth-order valence-electron chi connectivity index (χ4n) is 3.22. The van der Waals surface area contributed by atoms with E-state index >= 15 is 0 Å². The molecular formula is C15H21N3O. The van der Waals surface area contributed by atoms with Crippen LogP contribution in [-0.2, 0) is 11.2 Å². The van der Waals surface area contributed by atoms with Crippen LogP contribution in [0.15, 0.2) is 12.1 Å². The maximum atomic E-state index is 11.4. The van der Waals surface area contributed by atoms with Gasteiger partial charge in [0, 0.05) is 24.2 Å². The summed E-state index contributed by atoms with van der Waals surface area (Å²) in [4.78, 5) is 13.8. The fourth-order valence-corrected chi connectivity index (χ4v) is 3.22. The second-order valence-corrected chi connectivity index (χ2v) is 6.18. The maximum Gasteiger partial charge on any atom is 0.224 e. The molecule has 1 amide bonds. The van der Waals surface area contributed by atoms with E-state index in [9.17, 15) is 4.79 Å². The fraction of sp³-hybridized carbons (Fsp3) is 0.533. The number of nitrogen functional groups attached to an aromatic ring is 1. The summed E-state index contributed by atoms with van der Waals surface area (Å²) in [6, 6.07) is 4.08. The Morgan fingerprint density at radius 2 is 2.11 bits per heavy atom. The zero-order valence-corrected chi connectivity index (χ0v) is 11.6. The van der Waals surface area contributed by atoms with E-state index in [1.165, 1.54) is 18.4 Å². The number of fused-ring (bicyclic) bond motifs is 1. The van der Waals surface area contributed by atoms with Crippen LogP contribution in [-0.4, -0.2) is 18.0 Å². The van der Waals surface area contributed by atoms with Crippen LogP contribution in [0.1, 0.15) is 38.7 Å². The van der Waals surface area contributed by atoms with Gasteiger partial charge in [-0.2, -0.15) is 0 Å². The first-order valence-corrected chi connectivity index (χ1v) is 6.97. The molecule has 1 saturated heterocycles. The molecule has 1 aromatic rings. The Labute approximate surface area is 114 Å². The monoisotopic (exact) mass is 259 g/mol. The number of carbonyl (C=O) groups excluding carboxylic acids is 1. The number of aryl methyl sites for hydroxylation is 1. The molecule has 0 saturated carbocycles. The van der Waals surface area contributed by atoms with E-state index in [0.717, 1.165) is 30.0 Å². The molecule has 102 valence electrons. The van der Waals surface area contributed by atoms with Crippen molar-refractivity contribution in [3.8, 4) is 0 Å². The van der Waals surface area contributed by atoms with Crippen molar-refractivity contribution in [3.05, 3.63) is 17.7 Å². The molecule has 1 aromatic carbocycles. The summed E-state index contributed by atoms with van der Waals surface area (Å²) in [5.41, 5.74) is 10.3. The summed E-state index contributed by atoms with van der Waals surface area (Å²) in [6.45, 7) is 5.59. The smallest absolute Gasteiger partial charge is 0.224 e. The number of carbonyl (C=O) groups is 1. The number of hydrogen-bond donors (Lipinski definition) is 2. The minimum atomic E-state index is 0.0844. The lowest BCUT2D eigenvalue weighted by Gasteiger charge is -2.35. The molecule has 0 spiro atoms. The van der Waals surface area contributed by atoms with E-state index in [-0.39, 0.29) is 11.4 Å². The lowest BCUT2D eigenvalue weighted by atomic mass is 9.98. The summed E-state index contributed by atoms with van der Waals surface area (Å²) in [5.74, 6) is 0.0844. The van der Waals surface area contributed by atoms with Gasteiger partial charge in [-0.05, 0) is 50.8 Å². The van der Waals surface area contributed by atoms with Crippen molar-refractivity contribution in [2.45, 2.75) is 45.1 Å². The van der Waals surface area contributed by atoms with Gasteiger partial charge >= 0.3 is 0 Å². The Balaban J connectivity index is 2.01. The van der Waals surface area contributed by atoms with E-state index in [1.807, 2.05) is 6.07 Å². The largest absolute Gasteiger partial charge is 0.397 e. The zero-order chi connectivity index (χ0) is 13.6. The van der Waals surface area contributed by atoms with Gasteiger partial charge in [0.05, 0.1) is 11.4 Å². The van der Waals surface area contributed by atoms with Crippen molar-refractivity contribution in [3.63, 3.8) is 0 Å². The molecule has 2 heterocycles. The molecule has 4 nitrogen and oxygen atoms in total. The van der Waals surface area contributed by atoms with Gasteiger partial charge in [0.2, 0.25) is 5.91 Å². The minimum Gasteiger partial charge on any atom is -0.397 e. The van der Waals surface area contributed by atoms with Crippen molar-refractivity contribution in [1.29, 1.82) is 0 Å². The summed E-state index contributed by atoms with van der Waals surface area (Å²) in [5, 5.41) is 2.90. The topological polar surface area (TPSA) is 58.4 Å². The molecule has 0 radical (unpaired) electrons. The standard InChI is InChI=1S/C15H21N3O/c1-15(2)6-3-7-18(15)13-8-10-4-5-14(19)17-12(10)9-11(13)16/h8-9H,3-7,16H2,1-2H3,(H,17,19). The van der Waals surface area contributed by atoms with Crippen LogP contribution in [0.3, 0.4) is 0 Å².